The van der Waals surface area contributed by atoms with Crippen LogP contribution in [0.2, 0.25) is 0 Å². The Morgan fingerprint density at radius 1 is 1.30 bits per heavy atom. The van der Waals surface area contributed by atoms with Crippen molar-refractivity contribution in [2.75, 3.05) is 19.8 Å². The fourth-order valence-corrected chi connectivity index (χ4v) is 3.24. The Balaban J connectivity index is 0.00000182. The highest BCUT2D eigenvalue weighted by Crippen LogP contribution is 2.35. The molecule has 0 aliphatic carbocycles. The van der Waals surface area contributed by atoms with Crippen LogP contribution in [-0.2, 0) is 0 Å². The van der Waals surface area contributed by atoms with Gasteiger partial charge in [-0.1, -0.05) is 13.8 Å². The highest BCUT2D eigenvalue weighted by Gasteiger charge is 2.29. The molecule has 0 spiro atoms. The predicted molar refractivity (Wildman–Crippen MR) is 113 cm³/mol. The van der Waals surface area contributed by atoms with Gasteiger partial charge in [-0.2, -0.15) is 0 Å². The number of aromatic nitrogens is 1. The molecule has 1 aromatic heterocycles. The van der Waals surface area contributed by atoms with E-state index in [2.05, 4.69) is 10.3 Å². The molecule has 0 radical (unpaired) electrons. The van der Waals surface area contributed by atoms with E-state index >= 15 is 0 Å². The smallest absolute Gasteiger partial charge is 0.271 e. The molecule has 0 bridgehead atoms. The van der Waals surface area contributed by atoms with Crippen LogP contribution < -0.4 is 20.5 Å². The van der Waals surface area contributed by atoms with Crippen molar-refractivity contribution in [1.82, 2.24) is 10.3 Å². The molecule has 0 fully saturated rings. The molecule has 27 heavy (non-hydrogen) atoms. The van der Waals surface area contributed by atoms with Crippen molar-refractivity contribution in [3.63, 3.8) is 0 Å². The summed E-state index contributed by atoms with van der Waals surface area (Å²) in [6, 6.07) is 5.69. The Kier molecular flexibility index (Phi) is 8.35. The highest BCUT2D eigenvalue weighted by molar-refractivity contribution is 7.13. The van der Waals surface area contributed by atoms with Crippen molar-refractivity contribution in [2.45, 2.75) is 26.3 Å². The normalized spacial score (nSPS) is 14.6. The van der Waals surface area contributed by atoms with Crippen molar-refractivity contribution in [3.05, 3.63) is 29.3 Å². The van der Waals surface area contributed by atoms with E-state index in [1.54, 1.807) is 5.38 Å². The number of amides is 1. The molecule has 1 unspecified atom stereocenters. The molecular formula is C18H25Cl2N3O3S. The fraction of sp³-hybridized carbons (Fsp3) is 0.444. The first-order valence-electron chi connectivity index (χ1n) is 8.31. The second kappa shape index (κ2) is 9.59. The van der Waals surface area contributed by atoms with Gasteiger partial charge < -0.3 is 20.5 Å². The molecular weight excluding hydrogens is 409 g/mol. The first-order valence-corrected chi connectivity index (χ1v) is 9.19. The maximum absolute atomic E-state index is 12.5. The Morgan fingerprint density at radius 3 is 2.59 bits per heavy atom. The van der Waals surface area contributed by atoms with Crippen LogP contribution >= 0.6 is 36.2 Å². The molecule has 9 heteroatoms. The van der Waals surface area contributed by atoms with Crippen LogP contribution in [0.15, 0.2) is 23.6 Å². The number of nitrogens with two attached hydrogens (primary N) is 1. The van der Waals surface area contributed by atoms with Gasteiger partial charge in [0.2, 0.25) is 0 Å². The van der Waals surface area contributed by atoms with Gasteiger partial charge in [-0.15, -0.1) is 36.2 Å². The molecule has 3 rings (SSSR count). The summed E-state index contributed by atoms with van der Waals surface area (Å²) in [7, 11) is 0. The number of fused-ring (bicyclic) bond motifs is 1. The topological polar surface area (TPSA) is 86.5 Å². The van der Waals surface area contributed by atoms with Gasteiger partial charge in [0.15, 0.2) is 11.5 Å². The van der Waals surface area contributed by atoms with Crippen LogP contribution in [0.3, 0.4) is 0 Å². The van der Waals surface area contributed by atoms with Gasteiger partial charge in [0, 0.05) is 17.5 Å². The Bertz CT molecular complexity index is 785. The summed E-state index contributed by atoms with van der Waals surface area (Å²) in [6.07, 6.45) is 0. The third-order valence-electron chi connectivity index (χ3n) is 4.62. The van der Waals surface area contributed by atoms with Gasteiger partial charge in [-0.05, 0) is 31.0 Å². The van der Waals surface area contributed by atoms with Crippen molar-refractivity contribution in [3.8, 4) is 22.1 Å². The number of thiazole rings is 1. The molecule has 6 nitrogen and oxygen atoms in total. The van der Waals surface area contributed by atoms with E-state index in [0.29, 0.717) is 31.2 Å². The molecule has 3 N–H and O–H groups in total. The molecule has 1 aromatic carbocycles. The second-order valence-electron chi connectivity index (χ2n) is 6.63. The molecule has 1 atom stereocenters. The summed E-state index contributed by atoms with van der Waals surface area (Å²) in [6.45, 7) is 7.49. The Hall–Kier alpha value is -1.54. The summed E-state index contributed by atoms with van der Waals surface area (Å²) in [5.74, 6) is 1.46. The molecule has 2 heterocycles. The van der Waals surface area contributed by atoms with Gasteiger partial charge in [0.1, 0.15) is 23.9 Å². The number of hydrogen-bond donors (Lipinski definition) is 2. The first-order chi connectivity index (χ1) is 11.9. The summed E-state index contributed by atoms with van der Waals surface area (Å²) < 4.78 is 11.1. The number of halogens is 2. The average Bonchev–Trinajstić information content (AvgIpc) is 3.11. The molecule has 2 aromatic rings. The number of nitrogens with zero attached hydrogens (tertiary/aromatic N) is 1. The van der Waals surface area contributed by atoms with E-state index in [-0.39, 0.29) is 36.6 Å². The van der Waals surface area contributed by atoms with Crippen molar-refractivity contribution in [2.24, 2.45) is 11.7 Å². The zero-order valence-electron chi connectivity index (χ0n) is 15.5. The van der Waals surface area contributed by atoms with E-state index in [0.717, 1.165) is 16.3 Å². The molecule has 1 amide bonds. The number of carbonyl (C=O) groups excluding carboxylic acids is 1. The summed E-state index contributed by atoms with van der Waals surface area (Å²) >= 11 is 1.42. The van der Waals surface area contributed by atoms with E-state index < -0.39 is 5.54 Å². The van der Waals surface area contributed by atoms with Crippen LogP contribution in [0, 0.1) is 5.92 Å². The van der Waals surface area contributed by atoms with Crippen molar-refractivity contribution >= 4 is 42.1 Å². The van der Waals surface area contributed by atoms with Gasteiger partial charge in [0.05, 0.1) is 5.54 Å². The van der Waals surface area contributed by atoms with E-state index in [9.17, 15) is 4.79 Å². The summed E-state index contributed by atoms with van der Waals surface area (Å²) in [4.78, 5) is 17.0. The third-order valence-corrected chi connectivity index (χ3v) is 5.51. The average molecular weight is 434 g/mol. The van der Waals surface area contributed by atoms with Crippen LogP contribution in [0.4, 0.5) is 0 Å². The number of carbonyl (C=O) groups is 1. The molecule has 0 saturated carbocycles. The zero-order valence-corrected chi connectivity index (χ0v) is 17.9. The van der Waals surface area contributed by atoms with Gasteiger partial charge in [0.25, 0.3) is 5.91 Å². The van der Waals surface area contributed by atoms with E-state index in [1.807, 2.05) is 39.0 Å². The predicted octanol–water partition coefficient (Wildman–Crippen LogP) is 3.53. The summed E-state index contributed by atoms with van der Waals surface area (Å²) in [5, 5.41) is 5.54. The standard InChI is InChI=1S/C18H23N3O3S.2ClH/c1-11(2)18(3,10-19)21-16(22)13-9-25-17(20-13)12-4-5-14-15(8-12)24-7-6-23-14;;/h4-5,8-9,11H,6-7,10,19H2,1-3H3,(H,21,22);2*1H. The maximum Gasteiger partial charge on any atom is 0.271 e. The SMILES string of the molecule is CC(C)C(C)(CN)NC(=O)c1csc(-c2ccc3c(c2)OCCO3)n1.Cl.Cl. The van der Waals surface area contributed by atoms with Gasteiger partial charge in [-0.25, -0.2) is 4.98 Å². The number of nitrogens with one attached hydrogen (secondary N) is 1. The van der Waals surface area contributed by atoms with Crippen molar-refractivity contribution < 1.29 is 14.3 Å². The van der Waals surface area contributed by atoms with E-state index in [1.165, 1.54) is 11.3 Å². The minimum atomic E-state index is -0.460. The minimum Gasteiger partial charge on any atom is -0.486 e. The zero-order chi connectivity index (χ0) is 18.0. The van der Waals surface area contributed by atoms with E-state index in [4.69, 9.17) is 15.2 Å². The maximum atomic E-state index is 12.5. The van der Waals surface area contributed by atoms with Crippen LogP contribution in [0.25, 0.3) is 10.6 Å². The Labute approximate surface area is 175 Å². The highest BCUT2D eigenvalue weighted by atomic mass is 35.5. The molecule has 150 valence electrons. The van der Waals surface area contributed by atoms with Crippen LogP contribution in [0.5, 0.6) is 11.5 Å². The summed E-state index contributed by atoms with van der Waals surface area (Å²) in [5.41, 5.74) is 6.68. The third kappa shape index (κ3) is 5.04. The largest absolute Gasteiger partial charge is 0.486 e. The first kappa shape index (κ1) is 23.5. The lowest BCUT2D eigenvalue weighted by Crippen LogP contribution is -2.55. The number of hydrogen-bond acceptors (Lipinski definition) is 6. The van der Waals surface area contributed by atoms with Crippen LogP contribution in [0.1, 0.15) is 31.3 Å². The number of ether oxygens (including phenoxy) is 2. The number of rotatable bonds is 5. The monoisotopic (exact) mass is 433 g/mol. The molecule has 0 saturated heterocycles. The van der Waals surface area contributed by atoms with Crippen LogP contribution in [-0.4, -0.2) is 36.2 Å². The second-order valence-corrected chi connectivity index (χ2v) is 7.48. The lowest BCUT2D eigenvalue weighted by Gasteiger charge is -2.33. The van der Waals surface area contributed by atoms with Gasteiger partial charge in [-0.3, -0.25) is 4.79 Å². The lowest BCUT2D eigenvalue weighted by molar-refractivity contribution is 0.0879. The minimum absolute atomic E-state index is 0. The van der Waals surface area contributed by atoms with Crippen molar-refractivity contribution in [1.29, 1.82) is 0 Å². The Morgan fingerprint density at radius 2 is 1.96 bits per heavy atom. The molecule has 1 aliphatic rings. The number of benzene rings is 1. The lowest BCUT2D eigenvalue weighted by atomic mass is 9.88. The quantitative estimate of drug-likeness (QED) is 0.752. The fourth-order valence-electron chi connectivity index (χ4n) is 2.44. The van der Waals surface area contributed by atoms with Gasteiger partial charge >= 0.3 is 0 Å². The molecule has 1 aliphatic heterocycles.